The van der Waals surface area contributed by atoms with Gasteiger partial charge >= 0.3 is 0 Å². The molecule has 1 unspecified atom stereocenters. The minimum atomic E-state index is -0.360. The van der Waals surface area contributed by atoms with Gasteiger partial charge in [-0.05, 0) is 29.8 Å². The topological polar surface area (TPSA) is 55.1 Å². The molecule has 0 saturated carbocycles. The van der Waals surface area contributed by atoms with Crippen molar-refractivity contribution in [2.45, 2.75) is 13.0 Å². The summed E-state index contributed by atoms with van der Waals surface area (Å²) in [5.41, 5.74) is 6.10. The molecule has 0 saturated heterocycles. The highest BCUT2D eigenvalue weighted by molar-refractivity contribution is 5.87. The minimum absolute atomic E-state index is 0.354. The van der Waals surface area contributed by atoms with Gasteiger partial charge in [0.25, 0.3) is 0 Å². The highest BCUT2D eigenvalue weighted by Gasteiger charge is 2.07. The predicted octanol–water partition coefficient (Wildman–Crippen LogP) is 2.13. The maximum absolute atomic E-state index is 10.9. The second-order valence-electron chi connectivity index (χ2n) is 3.83. The first kappa shape index (κ1) is 10.5. The Labute approximate surface area is 94.3 Å². The van der Waals surface area contributed by atoms with Gasteiger partial charge in [0.1, 0.15) is 6.04 Å². The fourth-order valence-corrected chi connectivity index (χ4v) is 1.60. The lowest BCUT2D eigenvalue weighted by Gasteiger charge is -2.12. The fourth-order valence-electron chi connectivity index (χ4n) is 1.60. The third kappa shape index (κ3) is 2.14. The van der Waals surface area contributed by atoms with Crippen molar-refractivity contribution in [2.75, 3.05) is 5.32 Å². The lowest BCUT2D eigenvalue weighted by Crippen LogP contribution is -2.32. The van der Waals surface area contributed by atoms with Crippen LogP contribution < -0.4 is 11.1 Å². The van der Waals surface area contributed by atoms with Crippen LogP contribution in [0.3, 0.4) is 0 Å². The van der Waals surface area contributed by atoms with Crippen LogP contribution in [0.2, 0.25) is 0 Å². The van der Waals surface area contributed by atoms with Gasteiger partial charge in [-0.2, -0.15) is 0 Å². The Morgan fingerprint density at radius 1 is 1.19 bits per heavy atom. The zero-order chi connectivity index (χ0) is 11.5. The Hall–Kier alpha value is -2.03. The van der Waals surface area contributed by atoms with Gasteiger partial charge in [-0.1, -0.05) is 30.3 Å². The first-order valence-corrected chi connectivity index (χ1v) is 5.21. The summed E-state index contributed by atoms with van der Waals surface area (Å²) in [6.07, 6.45) is 0. The quantitative estimate of drug-likeness (QED) is 0.822. The van der Waals surface area contributed by atoms with Gasteiger partial charge in [-0.25, -0.2) is 0 Å². The lowest BCUT2D eigenvalue weighted by atomic mass is 10.1. The van der Waals surface area contributed by atoms with Crippen molar-refractivity contribution in [2.24, 2.45) is 5.73 Å². The van der Waals surface area contributed by atoms with Crippen LogP contribution in [-0.4, -0.2) is 11.9 Å². The molecule has 0 radical (unpaired) electrons. The summed E-state index contributed by atoms with van der Waals surface area (Å²) in [6, 6.07) is 13.7. The van der Waals surface area contributed by atoms with Crippen molar-refractivity contribution in [1.82, 2.24) is 0 Å². The fraction of sp³-hybridized carbons (Fsp3) is 0.154. The van der Waals surface area contributed by atoms with Crippen LogP contribution >= 0.6 is 0 Å². The van der Waals surface area contributed by atoms with Crippen LogP contribution in [0.25, 0.3) is 10.8 Å². The molecule has 2 aromatic carbocycles. The second-order valence-corrected chi connectivity index (χ2v) is 3.83. The van der Waals surface area contributed by atoms with E-state index < -0.39 is 0 Å². The maximum Gasteiger partial charge on any atom is 0.239 e. The molecule has 0 heterocycles. The van der Waals surface area contributed by atoms with Gasteiger partial charge in [0.2, 0.25) is 5.91 Å². The lowest BCUT2D eigenvalue weighted by molar-refractivity contribution is -0.118. The third-order valence-electron chi connectivity index (χ3n) is 2.56. The van der Waals surface area contributed by atoms with E-state index in [-0.39, 0.29) is 11.9 Å². The number of amides is 1. The normalized spacial score (nSPS) is 12.3. The zero-order valence-corrected chi connectivity index (χ0v) is 9.10. The van der Waals surface area contributed by atoms with Crippen molar-refractivity contribution in [3.8, 4) is 0 Å². The number of hydrogen-bond donors (Lipinski definition) is 2. The molecule has 0 aliphatic carbocycles. The van der Waals surface area contributed by atoms with Crippen molar-refractivity contribution < 1.29 is 4.79 Å². The Balaban J connectivity index is 2.29. The molecular formula is C13H14N2O. The van der Waals surface area contributed by atoms with Crippen molar-refractivity contribution in [3.05, 3.63) is 42.5 Å². The molecule has 0 aliphatic heterocycles. The van der Waals surface area contributed by atoms with Crippen LogP contribution in [-0.2, 0) is 4.79 Å². The summed E-state index contributed by atoms with van der Waals surface area (Å²) in [4.78, 5) is 10.9. The summed E-state index contributed by atoms with van der Waals surface area (Å²) in [7, 11) is 0. The predicted molar refractivity (Wildman–Crippen MR) is 66.2 cm³/mol. The van der Waals surface area contributed by atoms with Crippen LogP contribution in [0.1, 0.15) is 6.92 Å². The summed E-state index contributed by atoms with van der Waals surface area (Å²) in [5.74, 6) is -0.354. The smallest absolute Gasteiger partial charge is 0.239 e. The zero-order valence-electron chi connectivity index (χ0n) is 9.10. The molecule has 0 fully saturated rings. The molecule has 2 rings (SSSR count). The van der Waals surface area contributed by atoms with Crippen molar-refractivity contribution in [1.29, 1.82) is 0 Å². The molecule has 0 aliphatic rings. The number of primary amides is 1. The van der Waals surface area contributed by atoms with E-state index in [1.807, 2.05) is 36.4 Å². The number of rotatable bonds is 3. The van der Waals surface area contributed by atoms with E-state index in [1.54, 1.807) is 6.92 Å². The third-order valence-corrected chi connectivity index (χ3v) is 2.56. The monoisotopic (exact) mass is 214 g/mol. The summed E-state index contributed by atoms with van der Waals surface area (Å²) in [5, 5.41) is 5.38. The van der Waals surface area contributed by atoms with Crippen LogP contribution in [0.5, 0.6) is 0 Å². The SMILES string of the molecule is CC(Nc1ccc2ccccc2c1)C(N)=O. The number of carbonyl (C=O) groups is 1. The average Bonchev–Trinajstić information content (AvgIpc) is 2.28. The highest BCUT2D eigenvalue weighted by Crippen LogP contribution is 2.19. The van der Waals surface area contributed by atoms with Crippen molar-refractivity contribution >= 4 is 22.4 Å². The standard InChI is InChI=1S/C13H14N2O/c1-9(13(14)16)15-12-7-6-10-4-2-3-5-11(10)8-12/h2-9,15H,1H3,(H2,14,16). The maximum atomic E-state index is 10.9. The van der Waals surface area contributed by atoms with Gasteiger partial charge in [0.15, 0.2) is 0 Å². The van der Waals surface area contributed by atoms with Gasteiger partial charge < -0.3 is 11.1 Å². The molecule has 1 amide bonds. The van der Waals surface area contributed by atoms with Crippen LogP contribution in [0, 0.1) is 0 Å². The molecule has 0 aromatic heterocycles. The molecule has 3 heteroatoms. The Bertz CT molecular complexity index is 522. The van der Waals surface area contributed by atoms with E-state index in [9.17, 15) is 4.79 Å². The second kappa shape index (κ2) is 4.23. The molecule has 82 valence electrons. The molecule has 0 bridgehead atoms. The van der Waals surface area contributed by atoms with Gasteiger partial charge in [0, 0.05) is 5.69 Å². The molecule has 1 atom stereocenters. The summed E-state index contributed by atoms with van der Waals surface area (Å²) >= 11 is 0. The van der Waals surface area contributed by atoms with E-state index in [0.717, 1.165) is 11.1 Å². The summed E-state index contributed by atoms with van der Waals surface area (Å²) in [6.45, 7) is 1.75. The molecule has 3 N–H and O–H groups in total. The number of anilines is 1. The number of nitrogens with one attached hydrogen (secondary N) is 1. The van der Waals surface area contributed by atoms with Gasteiger partial charge in [-0.3, -0.25) is 4.79 Å². The molecule has 3 nitrogen and oxygen atoms in total. The van der Waals surface area contributed by atoms with E-state index in [2.05, 4.69) is 11.4 Å². The molecule has 16 heavy (non-hydrogen) atoms. The molecular weight excluding hydrogens is 200 g/mol. The van der Waals surface area contributed by atoms with E-state index in [4.69, 9.17) is 5.73 Å². The van der Waals surface area contributed by atoms with Gasteiger partial charge in [0.05, 0.1) is 0 Å². The largest absolute Gasteiger partial charge is 0.374 e. The van der Waals surface area contributed by atoms with Crippen LogP contribution in [0.15, 0.2) is 42.5 Å². The molecule has 2 aromatic rings. The first-order valence-electron chi connectivity index (χ1n) is 5.21. The number of hydrogen-bond acceptors (Lipinski definition) is 2. The van der Waals surface area contributed by atoms with Crippen molar-refractivity contribution in [3.63, 3.8) is 0 Å². The highest BCUT2D eigenvalue weighted by atomic mass is 16.1. The van der Waals surface area contributed by atoms with Crippen LogP contribution in [0.4, 0.5) is 5.69 Å². The molecule has 0 spiro atoms. The number of benzene rings is 2. The first-order chi connectivity index (χ1) is 7.66. The Morgan fingerprint density at radius 3 is 2.56 bits per heavy atom. The van der Waals surface area contributed by atoms with E-state index in [0.29, 0.717) is 0 Å². The van der Waals surface area contributed by atoms with Gasteiger partial charge in [-0.15, -0.1) is 0 Å². The number of nitrogens with two attached hydrogens (primary N) is 1. The summed E-state index contributed by atoms with van der Waals surface area (Å²) < 4.78 is 0. The Kier molecular flexibility index (Phi) is 2.77. The van der Waals surface area contributed by atoms with E-state index in [1.165, 1.54) is 5.39 Å². The Morgan fingerprint density at radius 2 is 1.88 bits per heavy atom. The van der Waals surface area contributed by atoms with E-state index >= 15 is 0 Å². The average molecular weight is 214 g/mol. The number of carbonyl (C=O) groups excluding carboxylic acids is 1. The minimum Gasteiger partial charge on any atom is -0.374 e. The number of fused-ring (bicyclic) bond motifs is 1.